The fourth-order valence-electron chi connectivity index (χ4n) is 2.54. The first-order valence-corrected chi connectivity index (χ1v) is 8.81. The van der Waals surface area contributed by atoms with E-state index in [-0.39, 0.29) is 16.3 Å². The van der Waals surface area contributed by atoms with Crippen molar-refractivity contribution in [1.82, 2.24) is 4.31 Å². The largest absolute Gasteiger partial charge is 0.243 e. The lowest BCUT2D eigenvalue weighted by Crippen LogP contribution is -2.39. The Morgan fingerprint density at radius 3 is 2.85 bits per heavy atom. The van der Waals surface area contributed by atoms with Crippen LogP contribution in [0.2, 0.25) is 0 Å². The van der Waals surface area contributed by atoms with Gasteiger partial charge in [-0.15, -0.1) is 11.6 Å². The molecule has 0 spiro atoms. The topological polar surface area (TPSA) is 37.4 Å². The molecule has 1 aromatic rings. The third-order valence-corrected chi connectivity index (χ3v) is 6.01. The van der Waals surface area contributed by atoms with Gasteiger partial charge in [-0.05, 0) is 37.0 Å². The minimum Gasteiger partial charge on any atom is -0.207 e. The molecule has 0 radical (unpaired) electrons. The molecule has 0 amide bonds. The van der Waals surface area contributed by atoms with E-state index in [9.17, 15) is 12.8 Å². The maximum Gasteiger partial charge on any atom is 0.243 e. The Hall–Kier alpha value is -0.650. The van der Waals surface area contributed by atoms with Gasteiger partial charge in [0.25, 0.3) is 0 Å². The monoisotopic (exact) mass is 319 g/mol. The van der Waals surface area contributed by atoms with Crippen LogP contribution < -0.4 is 0 Å². The van der Waals surface area contributed by atoms with Crippen molar-refractivity contribution in [3.05, 3.63) is 29.6 Å². The molecule has 0 saturated carbocycles. The summed E-state index contributed by atoms with van der Waals surface area (Å²) in [4.78, 5) is 0.131. The van der Waals surface area contributed by atoms with Gasteiger partial charge in [0.05, 0.1) is 10.8 Å². The van der Waals surface area contributed by atoms with E-state index < -0.39 is 15.8 Å². The number of halogens is 2. The highest BCUT2D eigenvalue weighted by Crippen LogP contribution is 2.26. The number of hydrogen-bond acceptors (Lipinski definition) is 2. The van der Waals surface area contributed by atoms with E-state index in [1.54, 1.807) is 0 Å². The van der Waals surface area contributed by atoms with E-state index in [1.807, 2.05) is 0 Å². The van der Waals surface area contributed by atoms with Crippen LogP contribution in [0.25, 0.3) is 0 Å². The molecule has 0 aliphatic carbocycles. The van der Waals surface area contributed by atoms with Crippen molar-refractivity contribution in [3.8, 4) is 0 Å². The zero-order chi connectivity index (χ0) is 14.8. The zero-order valence-electron chi connectivity index (χ0n) is 11.5. The molecule has 1 unspecified atom stereocenters. The van der Waals surface area contributed by atoms with Crippen molar-refractivity contribution in [1.29, 1.82) is 0 Å². The normalized spacial score (nSPS) is 21.1. The first-order chi connectivity index (χ1) is 9.48. The highest BCUT2D eigenvalue weighted by Gasteiger charge is 2.29. The molecule has 1 heterocycles. The fourth-order valence-corrected chi connectivity index (χ4v) is 4.35. The van der Waals surface area contributed by atoms with Crippen molar-refractivity contribution in [2.45, 2.75) is 37.0 Å². The van der Waals surface area contributed by atoms with Crippen LogP contribution in [0.4, 0.5) is 4.39 Å². The molecular formula is C14H19ClFNO2S. The van der Waals surface area contributed by atoms with Gasteiger partial charge >= 0.3 is 0 Å². The summed E-state index contributed by atoms with van der Waals surface area (Å²) in [6.45, 7) is 3.16. The predicted molar refractivity (Wildman–Crippen MR) is 77.7 cm³/mol. The number of benzene rings is 1. The molecule has 0 bridgehead atoms. The number of nitrogens with zero attached hydrogens (tertiary/aromatic N) is 1. The quantitative estimate of drug-likeness (QED) is 0.798. The van der Waals surface area contributed by atoms with E-state index in [0.717, 1.165) is 19.3 Å². The van der Waals surface area contributed by atoms with Gasteiger partial charge in [-0.1, -0.05) is 13.3 Å². The van der Waals surface area contributed by atoms with Crippen LogP contribution >= 0.6 is 11.6 Å². The molecule has 6 heteroatoms. The lowest BCUT2D eigenvalue weighted by Gasteiger charge is -2.31. The van der Waals surface area contributed by atoms with Gasteiger partial charge in [0.15, 0.2) is 0 Å². The number of hydrogen-bond donors (Lipinski definition) is 0. The summed E-state index contributed by atoms with van der Waals surface area (Å²) >= 11 is 5.64. The molecule has 3 nitrogen and oxygen atoms in total. The molecular weight excluding hydrogens is 301 g/mol. The van der Waals surface area contributed by atoms with E-state index in [0.29, 0.717) is 19.0 Å². The van der Waals surface area contributed by atoms with E-state index >= 15 is 0 Å². The average molecular weight is 320 g/mol. The van der Waals surface area contributed by atoms with Gasteiger partial charge in [0, 0.05) is 18.7 Å². The van der Waals surface area contributed by atoms with E-state index in [2.05, 4.69) is 6.92 Å². The summed E-state index contributed by atoms with van der Waals surface area (Å²) < 4.78 is 40.1. The number of rotatable bonds is 4. The minimum absolute atomic E-state index is 0.0349. The Kier molecular flexibility index (Phi) is 5.04. The van der Waals surface area contributed by atoms with Crippen LogP contribution in [-0.4, -0.2) is 25.8 Å². The second-order valence-electron chi connectivity index (χ2n) is 5.17. The number of alkyl halides is 1. The molecule has 112 valence electrons. The summed E-state index contributed by atoms with van der Waals surface area (Å²) in [5.74, 6) is -0.0947. The van der Waals surface area contributed by atoms with E-state index in [1.165, 1.54) is 22.5 Å². The van der Waals surface area contributed by atoms with Crippen molar-refractivity contribution in [2.75, 3.05) is 13.1 Å². The average Bonchev–Trinajstić information content (AvgIpc) is 2.47. The summed E-state index contributed by atoms with van der Waals surface area (Å²) in [5.41, 5.74) is 0.219. The first-order valence-electron chi connectivity index (χ1n) is 6.83. The summed E-state index contributed by atoms with van der Waals surface area (Å²) in [6, 6.07) is 3.83. The Bertz CT molecular complexity index is 577. The van der Waals surface area contributed by atoms with Gasteiger partial charge < -0.3 is 0 Å². The highest BCUT2D eigenvalue weighted by molar-refractivity contribution is 7.89. The Labute approximate surface area is 124 Å². The standard InChI is InChI=1S/C14H19ClFNO2S/c1-2-11-4-3-7-17(10-11)20(18,19)13-5-6-14(16)12(8-13)9-15/h5-6,8,11H,2-4,7,9-10H2,1H3. The van der Waals surface area contributed by atoms with Crippen molar-refractivity contribution in [3.63, 3.8) is 0 Å². The molecule has 0 N–H and O–H groups in total. The zero-order valence-corrected chi connectivity index (χ0v) is 13.1. The van der Waals surface area contributed by atoms with Gasteiger partial charge in [-0.25, -0.2) is 12.8 Å². The second kappa shape index (κ2) is 6.41. The molecule has 0 aromatic heterocycles. The Balaban J connectivity index is 2.30. The molecule has 1 atom stereocenters. The molecule has 1 aliphatic rings. The fraction of sp³-hybridized carbons (Fsp3) is 0.571. The molecule has 2 rings (SSSR count). The smallest absolute Gasteiger partial charge is 0.207 e. The number of sulfonamides is 1. The van der Waals surface area contributed by atoms with Gasteiger partial charge in [-0.3, -0.25) is 0 Å². The van der Waals surface area contributed by atoms with Crippen molar-refractivity contribution in [2.24, 2.45) is 5.92 Å². The molecule has 20 heavy (non-hydrogen) atoms. The third kappa shape index (κ3) is 3.15. The van der Waals surface area contributed by atoms with Crippen LogP contribution in [0, 0.1) is 11.7 Å². The summed E-state index contributed by atoms with van der Waals surface area (Å²) in [6.07, 6.45) is 2.92. The maximum atomic E-state index is 13.4. The lowest BCUT2D eigenvalue weighted by atomic mass is 9.97. The Morgan fingerprint density at radius 1 is 1.45 bits per heavy atom. The molecule has 1 fully saturated rings. The van der Waals surface area contributed by atoms with Crippen LogP contribution in [0.1, 0.15) is 31.7 Å². The predicted octanol–water partition coefficient (Wildman–Crippen LogP) is 3.38. The maximum absolute atomic E-state index is 13.4. The molecule has 1 aliphatic heterocycles. The van der Waals surface area contributed by atoms with E-state index in [4.69, 9.17) is 11.6 Å². The summed E-state index contributed by atoms with van der Waals surface area (Å²) in [7, 11) is -3.55. The van der Waals surface area contributed by atoms with Gasteiger partial charge in [0.2, 0.25) is 10.0 Å². The van der Waals surface area contributed by atoms with Crippen molar-refractivity contribution >= 4 is 21.6 Å². The SMILES string of the molecule is CCC1CCCN(S(=O)(=O)c2ccc(F)c(CCl)c2)C1. The van der Waals surface area contributed by atoms with Gasteiger partial charge in [0.1, 0.15) is 5.82 Å². The summed E-state index contributed by atoms with van der Waals surface area (Å²) in [5, 5.41) is 0. The van der Waals surface area contributed by atoms with Crippen LogP contribution in [-0.2, 0) is 15.9 Å². The molecule has 1 aromatic carbocycles. The first kappa shape index (κ1) is 15.7. The van der Waals surface area contributed by atoms with Crippen LogP contribution in [0.5, 0.6) is 0 Å². The van der Waals surface area contributed by atoms with Crippen LogP contribution in [0.15, 0.2) is 23.1 Å². The van der Waals surface area contributed by atoms with Crippen molar-refractivity contribution < 1.29 is 12.8 Å². The second-order valence-corrected chi connectivity index (χ2v) is 7.37. The minimum atomic E-state index is -3.55. The molecule has 1 saturated heterocycles. The third-order valence-electron chi connectivity index (χ3n) is 3.86. The lowest BCUT2D eigenvalue weighted by molar-refractivity contribution is 0.261. The highest BCUT2D eigenvalue weighted by atomic mass is 35.5. The van der Waals surface area contributed by atoms with Gasteiger partial charge in [-0.2, -0.15) is 4.31 Å². The number of piperidine rings is 1. The Morgan fingerprint density at radius 2 is 2.20 bits per heavy atom. The van der Waals surface area contributed by atoms with Crippen LogP contribution in [0.3, 0.4) is 0 Å².